The first-order valence-corrected chi connectivity index (χ1v) is 7.98. The number of anilines is 1. The molecule has 0 aliphatic carbocycles. The Hall–Kier alpha value is -2.81. The molecule has 0 unspecified atom stereocenters. The lowest BCUT2D eigenvalue weighted by atomic mass is 9.98. The van der Waals surface area contributed by atoms with Crippen LogP contribution in [0.3, 0.4) is 0 Å². The number of benzene rings is 3. The maximum Gasteiger partial charge on any atom is 0.255 e. The molecule has 0 heterocycles. The first-order chi connectivity index (χ1) is 11.4. The van der Waals surface area contributed by atoms with Crippen molar-refractivity contribution in [3.63, 3.8) is 0 Å². The molecule has 0 saturated carbocycles. The van der Waals surface area contributed by atoms with Gasteiger partial charge in [0.15, 0.2) is 0 Å². The van der Waals surface area contributed by atoms with Gasteiger partial charge in [-0.1, -0.05) is 23.8 Å². The number of phenolic OH excluding ortho intramolecular Hbond substituents is 1. The Bertz CT molecular complexity index is 958. The molecular weight excluding hydrogens is 298 g/mol. The van der Waals surface area contributed by atoms with E-state index in [2.05, 4.69) is 11.4 Å². The molecule has 0 bridgehead atoms. The molecule has 3 nitrogen and oxygen atoms in total. The number of aryl methyl sites for hydroxylation is 3. The molecule has 0 radical (unpaired) electrons. The van der Waals surface area contributed by atoms with Gasteiger partial charge in [0.05, 0.1) is 0 Å². The van der Waals surface area contributed by atoms with Crippen molar-refractivity contribution in [3.05, 3.63) is 70.3 Å². The highest BCUT2D eigenvalue weighted by Crippen LogP contribution is 2.34. The lowest BCUT2D eigenvalue weighted by Gasteiger charge is -2.13. The van der Waals surface area contributed by atoms with Crippen LogP contribution in [0.25, 0.3) is 10.8 Å². The zero-order chi connectivity index (χ0) is 17.4. The fourth-order valence-corrected chi connectivity index (χ4v) is 2.90. The van der Waals surface area contributed by atoms with E-state index in [-0.39, 0.29) is 11.7 Å². The molecule has 2 N–H and O–H groups in total. The van der Waals surface area contributed by atoms with E-state index >= 15 is 0 Å². The molecule has 0 fully saturated rings. The number of rotatable bonds is 2. The largest absolute Gasteiger partial charge is 0.507 e. The average molecular weight is 319 g/mol. The van der Waals surface area contributed by atoms with E-state index in [4.69, 9.17) is 0 Å². The fourth-order valence-electron chi connectivity index (χ4n) is 2.90. The van der Waals surface area contributed by atoms with Crippen LogP contribution in [0.5, 0.6) is 5.75 Å². The average Bonchev–Trinajstić information content (AvgIpc) is 2.54. The highest BCUT2D eigenvalue weighted by Gasteiger charge is 2.12. The van der Waals surface area contributed by atoms with Gasteiger partial charge in [-0.2, -0.15) is 0 Å². The molecule has 0 aliphatic heterocycles. The van der Waals surface area contributed by atoms with Crippen LogP contribution >= 0.6 is 0 Å². The molecule has 0 saturated heterocycles. The van der Waals surface area contributed by atoms with E-state index in [0.717, 1.165) is 33.0 Å². The molecule has 0 spiro atoms. The van der Waals surface area contributed by atoms with E-state index < -0.39 is 0 Å². The summed E-state index contributed by atoms with van der Waals surface area (Å²) in [5, 5.41) is 15.1. The van der Waals surface area contributed by atoms with E-state index in [1.165, 1.54) is 0 Å². The van der Waals surface area contributed by atoms with Gasteiger partial charge in [-0.25, -0.2) is 0 Å². The van der Waals surface area contributed by atoms with Gasteiger partial charge in [-0.15, -0.1) is 0 Å². The molecule has 0 aromatic heterocycles. The molecule has 24 heavy (non-hydrogen) atoms. The molecule has 3 aromatic rings. The van der Waals surface area contributed by atoms with E-state index in [1.807, 2.05) is 58.0 Å². The van der Waals surface area contributed by atoms with Gasteiger partial charge in [0, 0.05) is 16.6 Å². The van der Waals surface area contributed by atoms with Crippen molar-refractivity contribution in [2.24, 2.45) is 0 Å². The zero-order valence-corrected chi connectivity index (χ0v) is 14.4. The number of fused-ring (bicyclic) bond motifs is 1. The van der Waals surface area contributed by atoms with Crippen LogP contribution in [0.1, 0.15) is 32.6 Å². The van der Waals surface area contributed by atoms with E-state index in [9.17, 15) is 9.90 Å². The van der Waals surface area contributed by atoms with Gasteiger partial charge < -0.3 is 10.4 Å². The van der Waals surface area contributed by atoms with Crippen LogP contribution in [0.4, 0.5) is 5.69 Å². The summed E-state index contributed by atoms with van der Waals surface area (Å²) in [7, 11) is 0. The van der Waals surface area contributed by atoms with Crippen LogP contribution in [-0.4, -0.2) is 11.0 Å². The summed E-state index contributed by atoms with van der Waals surface area (Å²) >= 11 is 0. The second-order valence-corrected chi connectivity index (χ2v) is 6.38. The highest BCUT2D eigenvalue weighted by molar-refractivity contribution is 6.06. The molecule has 122 valence electrons. The summed E-state index contributed by atoms with van der Waals surface area (Å²) in [5.74, 6) is 0.125. The van der Waals surface area contributed by atoms with Crippen LogP contribution < -0.4 is 5.32 Å². The van der Waals surface area contributed by atoms with Crippen molar-refractivity contribution in [1.82, 2.24) is 0 Å². The van der Waals surface area contributed by atoms with Crippen molar-refractivity contribution in [3.8, 4) is 5.75 Å². The summed E-state index contributed by atoms with van der Waals surface area (Å²) in [4.78, 5) is 12.5. The van der Waals surface area contributed by atoms with Gasteiger partial charge in [-0.05, 0) is 74.0 Å². The van der Waals surface area contributed by atoms with Gasteiger partial charge in [0.2, 0.25) is 0 Å². The van der Waals surface area contributed by atoms with Gasteiger partial charge in [0.25, 0.3) is 5.91 Å². The van der Waals surface area contributed by atoms with Crippen LogP contribution in [-0.2, 0) is 0 Å². The summed E-state index contributed by atoms with van der Waals surface area (Å²) < 4.78 is 0. The predicted octanol–water partition coefficient (Wildman–Crippen LogP) is 5.03. The summed E-state index contributed by atoms with van der Waals surface area (Å²) in [5.41, 5.74) is 5.26. The Kier molecular flexibility index (Phi) is 4.02. The molecule has 0 atom stereocenters. The van der Waals surface area contributed by atoms with Crippen LogP contribution in [0, 0.1) is 27.7 Å². The van der Waals surface area contributed by atoms with Crippen LogP contribution in [0.2, 0.25) is 0 Å². The second kappa shape index (κ2) is 6.00. The molecule has 3 heteroatoms. The topological polar surface area (TPSA) is 49.3 Å². The normalized spacial score (nSPS) is 10.8. The Labute approximate surface area is 142 Å². The number of aromatic hydroxyl groups is 1. The number of carbonyl (C=O) groups excluding carboxylic acids is 1. The Morgan fingerprint density at radius 2 is 1.67 bits per heavy atom. The van der Waals surface area contributed by atoms with Crippen LogP contribution in [0.15, 0.2) is 42.5 Å². The van der Waals surface area contributed by atoms with Gasteiger partial charge >= 0.3 is 0 Å². The minimum absolute atomic E-state index is 0.149. The Morgan fingerprint density at radius 3 is 2.38 bits per heavy atom. The number of nitrogens with one attached hydrogen (secondary N) is 1. The maximum atomic E-state index is 12.5. The number of carbonyl (C=O) groups is 1. The third-order valence-electron chi connectivity index (χ3n) is 4.50. The number of hydrogen-bond donors (Lipinski definition) is 2. The third kappa shape index (κ3) is 2.85. The van der Waals surface area contributed by atoms with Gasteiger partial charge in [-0.3, -0.25) is 4.79 Å². The molecule has 3 rings (SSSR count). The minimum Gasteiger partial charge on any atom is -0.507 e. The first-order valence-electron chi connectivity index (χ1n) is 7.98. The third-order valence-corrected chi connectivity index (χ3v) is 4.50. The Morgan fingerprint density at radius 1 is 0.958 bits per heavy atom. The monoisotopic (exact) mass is 319 g/mol. The van der Waals surface area contributed by atoms with Crippen molar-refractivity contribution in [2.45, 2.75) is 27.7 Å². The lowest BCUT2D eigenvalue weighted by Crippen LogP contribution is -2.12. The summed E-state index contributed by atoms with van der Waals surface area (Å²) in [6, 6.07) is 13.4. The molecule has 0 aliphatic rings. The van der Waals surface area contributed by atoms with Crippen molar-refractivity contribution < 1.29 is 9.90 Å². The summed E-state index contributed by atoms with van der Waals surface area (Å²) in [6.07, 6.45) is 0. The Balaban J connectivity index is 2.03. The van der Waals surface area contributed by atoms with E-state index in [0.29, 0.717) is 11.3 Å². The fraction of sp³-hybridized carbons (Fsp3) is 0.190. The quantitative estimate of drug-likeness (QED) is 0.696. The SMILES string of the molecule is Cc1cccc(C(=O)Nc2cc3c(O)c(C)c(C)cc3cc2C)c1. The lowest BCUT2D eigenvalue weighted by molar-refractivity contribution is 0.102. The molecular formula is C21H21NO2. The first kappa shape index (κ1) is 16.1. The van der Waals surface area contributed by atoms with E-state index in [1.54, 1.807) is 6.07 Å². The minimum atomic E-state index is -0.149. The second-order valence-electron chi connectivity index (χ2n) is 6.38. The molecule has 1 amide bonds. The predicted molar refractivity (Wildman–Crippen MR) is 99.0 cm³/mol. The summed E-state index contributed by atoms with van der Waals surface area (Å²) in [6.45, 7) is 7.80. The highest BCUT2D eigenvalue weighted by atomic mass is 16.3. The van der Waals surface area contributed by atoms with Crippen molar-refractivity contribution >= 4 is 22.4 Å². The number of phenols is 1. The standard InChI is InChI=1S/C21H21NO2/c1-12-6-5-7-16(8-12)21(24)22-19-11-18-17(10-14(19)3)9-13(2)15(4)20(18)23/h5-11,23H,1-4H3,(H,22,24). The number of amides is 1. The molecule has 3 aromatic carbocycles. The van der Waals surface area contributed by atoms with Gasteiger partial charge in [0.1, 0.15) is 5.75 Å². The number of hydrogen-bond acceptors (Lipinski definition) is 2. The smallest absolute Gasteiger partial charge is 0.255 e. The zero-order valence-electron chi connectivity index (χ0n) is 14.4. The van der Waals surface area contributed by atoms with Crippen molar-refractivity contribution in [2.75, 3.05) is 5.32 Å². The van der Waals surface area contributed by atoms with Crippen molar-refractivity contribution in [1.29, 1.82) is 0 Å². The maximum absolute atomic E-state index is 12.5.